The Hall–Kier alpha value is -3.81. The minimum atomic E-state index is -0.858. The molecule has 0 spiro atoms. The molecule has 41 heavy (non-hydrogen) atoms. The average molecular weight is 557 g/mol. The molecule has 3 heterocycles. The van der Waals surface area contributed by atoms with Crippen LogP contribution in [-0.4, -0.2) is 50.9 Å². The molecule has 8 heteroatoms. The lowest BCUT2D eigenvalue weighted by atomic mass is 9.58. The number of likely N-dealkylation sites (tertiary alicyclic amines) is 1. The molecule has 3 aromatic rings. The molecule has 2 aromatic carbocycles. The fraction of sp³-hybridized carbons (Fsp3) is 0.485. The van der Waals surface area contributed by atoms with Gasteiger partial charge in [0.1, 0.15) is 11.4 Å². The van der Waals surface area contributed by atoms with Gasteiger partial charge < -0.3 is 19.6 Å². The van der Waals surface area contributed by atoms with Crippen LogP contribution in [0.1, 0.15) is 70.9 Å². The van der Waals surface area contributed by atoms with Gasteiger partial charge in [-0.05, 0) is 80.7 Å². The molecule has 1 atom stereocenters. The largest absolute Gasteiger partial charge is 0.465 e. The van der Waals surface area contributed by atoms with E-state index in [4.69, 9.17) is 9.84 Å². The van der Waals surface area contributed by atoms with Crippen LogP contribution in [0.5, 0.6) is 11.5 Å². The van der Waals surface area contributed by atoms with Crippen molar-refractivity contribution in [2.45, 2.75) is 77.7 Å². The van der Waals surface area contributed by atoms with E-state index in [-0.39, 0.29) is 28.7 Å². The van der Waals surface area contributed by atoms with E-state index in [1.54, 1.807) is 0 Å². The topological polar surface area (TPSA) is 87.9 Å². The van der Waals surface area contributed by atoms with Crippen molar-refractivity contribution in [1.82, 2.24) is 14.7 Å². The molecule has 216 valence electrons. The molecule has 2 fully saturated rings. The molecule has 0 radical (unpaired) electrons. The summed E-state index contributed by atoms with van der Waals surface area (Å²) in [5.74, 6) is 1.82. The second-order valence-electron chi connectivity index (χ2n) is 13.0. The van der Waals surface area contributed by atoms with Gasteiger partial charge in [-0.3, -0.25) is 4.79 Å². The van der Waals surface area contributed by atoms with E-state index >= 15 is 0 Å². The molecule has 1 saturated carbocycles. The maximum Gasteiger partial charge on any atom is 0.407 e. The zero-order chi connectivity index (χ0) is 28.9. The van der Waals surface area contributed by atoms with Crippen LogP contribution in [0.25, 0.3) is 5.69 Å². The number of amides is 2. The standard InChI is InChI=1S/C33H40N4O4/c1-22-10-13-26-27(37(22)30(38)23-11-12-23)14-15-28(29(26)41-25-8-6-5-7-9-25)36-21-24(20-34-36)33(32(2,3)4)16-18-35(19-17-33)31(39)40/h5-9,14-15,20-23H,10-13,16-19H2,1-4H3,(H,39,40). The highest BCUT2D eigenvalue weighted by molar-refractivity contribution is 5.98. The second-order valence-corrected chi connectivity index (χ2v) is 13.0. The van der Waals surface area contributed by atoms with Crippen LogP contribution in [0.2, 0.25) is 0 Å². The Kier molecular flexibility index (Phi) is 6.83. The van der Waals surface area contributed by atoms with Gasteiger partial charge in [0, 0.05) is 42.2 Å². The lowest BCUT2D eigenvalue weighted by molar-refractivity contribution is -0.120. The Morgan fingerprint density at radius 1 is 1.00 bits per heavy atom. The number of rotatable bonds is 5. The van der Waals surface area contributed by atoms with Crippen LogP contribution >= 0.6 is 0 Å². The summed E-state index contributed by atoms with van der Waals surface area (Å²) in [4.78, 5) is 28.5. The first-order valence-corrected chi connectivity index (χ1v) is 14.8. The van der Waals surface area contributed by atoms with Crippen molar-refractivity contribution in [2.75, 3.05) is 18.0 Å². The first kappa shape index (κ1) is 27.4. The van der Waals surface area contributed by atoms with Crippen LogP contribution in [0.3, 0.4) is 0 Å². The SMILES string of the molecule is CC1CCc2c(ccc(-n3cc(C4(C(C)(C)C)CCN(C(=O)O)CC4)cn3)c2Oc2ccccc2)N1C(=O)C1CC1. The van der Waals surface area contributed by atoms with E-state index in [0.29, 0.717) is 13.1 Å². The number of para-hydroxylation sites is 1. The van der Waals surface area contributed by atoms with Crippen LogP contribution < -0.4 is 9.64 Å². The van der Waals surface area contributed by atoms with Crippen molar-refractivity contribution in [1.29, 1.82) is 0 Å². The third-order valence-electron chi connectivity index (χ3n) is 9.56. The van der Waals surface area contributed by atoms with Gasteiger partial charge in [0.05, 0.1) is 11.9 Å². The van der Waals surface area contributed by atoms with Crippen LogP contribution in [0.4, 0.5) is 10.5 Å². The lowest BCUT2D eigenvalue weighted by Gasteiger charge is -2.49. The van der Waals surface area contributed by atoms with E-state index < -0.39 is 6.09 Å². The summed E-state index contributed by atoms with van der Waals surface area (Å²) in [7, 11) is 0. The summed E-state index contributed by atoms with van der Waals surface area (Å²) in [5, 5.41) is 14.4. The summed E-state index contributed by atoms with van der Waals surface area (Å²) >= 11 is 0. The summed E-state index contributed by atoms with van der Waals surface area (Å²) in [6.45, 7) is 9.84. The van der Waals surface area contributed by atoms with Crippen molar-refractivity contribution < 1.29 is 19.4 Å². The molecule has 1 aliphatic carbocycles. The maximum atomic E-state index is 13.4. The molecule has 3 aliphatic rings. The number of fused-ring (bicyclic) bond motifs is 1. The van der Waals surface area contributed by atoms with Gasteiger partial charge in [-0.25, -0.2) is 9.48 Å². The first-order valence-electron chi connectivity index (χ1n) is 14.8. The van der Waals surface area contributed by atoms with Gasteiger partial charge in [-0.15, -0.1) is 0 Å². The van der Waals surface area contributed by atoms with Crippen molar-refractivity contribution >= 4 is 17.7 Å². The van der Waals surface area contributed by atoms with Gasteiger partial charge in [0.15, 0.2) is 5.75 Å². The minimum absolute atomic E-state index is 0.0928. The van der Waals surface area contributed by atoms with Gasteiger partial charge in [-0.1, -0.05) is 39.0 Å². The number of nitrogens with zero attached hydrogens (tertiary/aromatic N) is 4. The number of ether oxygens (including phenoxy) is 1. The number of aromatic nitrogens is 2. The summed E-state index contributed by atoms with van der Waals surface area (Å²) in [6.07, 6.45) is 8.28. The lowest BCUT2D eigenvalue weighted by Crippen LogP contribution is -2.50. The Labute approximate surface area is 241 Å². The maximum absolute atomic E-state index is 13.4. The molecule has 1 aromatic heterocycles. The molecular formula is C33H40N4O4. The molecule has 0 bridgehead atoms. The van der Waals surface area contributed by atoms with E-state index in [1.165, 1.54) is 4.90 Å². The summed E-state index contributed by atoms with van der Waals surface area (Å²) in [5.41, 5.74) is 3.61. The third-order valence-corrected chi connectivity index (χ3v) is 9.56. The molecule has 2 aliphatic heterocycles. The number of hydrogen-bond donors (Lipinski definition) is 1. The van der Waals surface area contributed by atoms with Crippen LogP contribution in [-0.2, 0) is 16.6 Å². The van der Waals surface area contributed by atoms with E-state index in [1.807, 2.05) is 52.2 Å². The Morgan fingerprint density at radius 2 is 1.68 bits per heavy atom. The van der Waals surface area contributed by atoms with Crippen molar-refractivity contribution in [3.05, 3.63) is 66.0 Å². The highest BCUT2D eigenvalue weighted by atomic mass is 16.5. The molecule has 8 nitrogen and oxygen atoms in total. The van der Waals surface area contributed by atoms with Crippen molar-refractivity contribution in [3.63, 3.8) is 0 Å². The predicted molar refractivity (Wildman–Crippen MR) is 158 cm³/mol. The van der Waals surface area contributed by atoms with Crippen LogP contribution in [0, 0.1) is 11.3 Å². The molecule has 6 rings (SSSR count). The van der Waals surface area contributed by atoms with E-state index in [0.717, 1.165) is 72.5 Å². The summed E-state index contributed by atoms with van der Waals surface area (Å²) < 4.78 is 8.52. The number of carbonyl (C=O) groups excluding carboxylic acids is 1. The van der Waals surface area contributed by atoms with Gasteiger partial charge in [-0.2, -0.15) is 5.10 Å². The summed E-state index contributed by atoms with van der Waals surface area (Å²) in [6, 6.07) is 14.0. The zero-order valence-corrected chi connectivity index (χ0v) is 24.5. The van der Waals surface area contributed by atoms with Gasteiger partial charge in [0.25, 0.3) is 0 Å². The van der Waals surface area contributed by atoms with Crippen molar-refractivity contribution in [2.24, 2.45) is 11.3 Å². The Bertz CT molecular complexity index is 1450. The smallest absolute Gasteiger partial charge is 0.407 e. The number of hydrogen-bond acceptors (Lipinski definition) is 4. The molecular weight excluding hydrogens is 516 g/mol. The van der Waals surface area contributed by atoms with E-state index in [2.05, 4.69) is 40.0 Å². The minimum Gasteiger partial charge on any atom is -0.465 e. The fourth-order valence-corrected chi connectivity index (χ4v) is 6.81. The fourth-order valence-electron chi connectivity index (χ4n) is 6.81. The van der Waals surface area contributed by atoms with Gasteiger partial charge >= 0.3 is 6.09 Å². The highest BCUT2D eigenvalue weighted by Crippen LogP contribution is 2.50. The number of piperidine rings is 1. The number of anilines is 1. The van der Waals surface area contributed by atoms with Gasteiger partial charge in [0.2, 0.25) is 5.91 Å². The quantitative estimate of drug-likeness (QED) is 0.373. The normalized spacial score (nSPS) is 20.4. The zero-order valence-electron chi connectivity index (χ0n) is 24.5. The van der Waals surface area contributed by atoms with Crippen molar-refractivity contribution in [3.8, 4) is 17.2 Å². The Balaban J connectivity index is 1.43. The molecule has 1 N–H and O–H groups in total. The third kappa shape index (κ3) is 4.87. The molecule has 1 saturated heterocycles. The number of benzene rings is 2. The average Bonchev–Trinajstić information content (AvgIpc) is 3.69. The first-order chi connectivity index (χ1) is 19.6. The number of carbonyl (C=O) groups is 2. The molecule has 1 unspecified atom stereocenters. The monoisotopic (exact) mass is 556 g/mol. The second kappa shape index (κ2) is 10.2. The Morgan fingerprint density at radius 3 is 2.32 bits per heavy atom. The molecule has 2 amide bonds. The van der Waals surface area contributed by atoms with E-state index in [9.17, 15) is 14.7 Å². The highest BCUT2D eigenvalue weighted by Gasteiger charge is 2.47. The number of carboxylic acid groups (broad SMARTS) is 1. The van der Waals surface area contributed by atoms with Crippen LogP contribution in [0.15, 0.2) is 54.9 Å². The predicted octanol–water partition coefficient (Wildman–Crippen LogP) is 6.80.